The van der Waals surface area contributed by atoms with E-state index in [-0.39, 0.29) is 11.7 Å². The summed E-state index contributed by atoms with van der Waals surface area (Å²) in [5, 5.41) is 14.4. The molecule has 1 unspecified atom stereocenters. The SMILES string of the molecule is CCCC(c1c(CC)cccc1CC)n1ccn(Cc2ccc(-c3ncccc3-c3nn[nH]n3)cc2)c1=O. The number of aromatic amines is 1. The van der Waals surface area contributed by atoms with Gasteiger partial charge in [0.15, 0.2) is 0 Å². The molecule has 8 nitrogen and oxygen atoms in total. The molecule has 0 spiro atoms. The number of pyridine rings is 1. The van der Waals surface area contributed by atoms with E-state index in [0.29, 0.717) is 12.4 Å². The third-order valence-corrected chi connectivity index (χ3v) is 7.13. The Kier molecular flexibility index (Phi) is 7.58. The molecule has 3 heterocycles. The molecule has 0 fully saturated rings. The van der Waals surface area contributed by atoms with Gasteiger partial charge in [-0.1, -0.05) is 69.7 Å². The van der Waals surface area contributed by atoms with Gasteiger partial charge in [0.1, 0.15) is 0 Å². The Balaban J connectivity index is 1.43. The number of hydrogen-bond donors (Lipinski definition) is 1. The fourth-order valence-electron chi connectivity index (χ4n) is 5.25. The minimum atomic E-state index is 0.0182. The van der Waals surface area contributed by atoms with Gasteiger partial charge in [-0.25, -0.2) is 4.79 Å². The second-order valence-corrected chi connectivity index (χ2v) is 9.45. The number of aryl methyl sites for hydroxylation is 2. The zero-order chi connectivity index (χ0) is 26.5. The molecule has 0 aliphatic rings. The zero-order valence-electron chi connectivity index (χ0n) is 22.1. The molecule has 0 saturated heterocycles. The highest BCUT2D eigenvalue weighted by molar-refractivity contribution is 5.76. The number of benzene rings is 2. The summed E-state index contributed by atoms with van der Waals surface area (Å²) in [7, 11) is 0. The summed E-state index contributed by atoms with van der Waals surface area (Å²) in [6, 6.07) is 18.5. The first-order valence-electron chi connectivity index (χ1n) is 13.3. The molecular formula is C30H33N7O. The van der Waals surface area contributed by atoms with Crippen LogP contribution >= 0.6 is 0 Å². The van der Waals surface area contributed by atoms with Crippen molar-refractivity contribution in [1.82, 2.24) is 34.7 Å². The minimum absolute atomic E-state index is 0.0182. The average Bonchev–Trinajstić information content (AvgIpc) is 3.62. The molecule has 8 heteroatoms. The molecule has 3 aromatic heterocycles. The van der Waals surface area contributed by atoms with E-state index in [0.717, 1.165) is 48.1 Å². The Morgan fingerprint density at radius 1 is 0.921 bits per heavy atom. The standard InChI is InChI=1S/C30H33N7O/c1-4-9-26(27-22(5-2)10-7-11-23(27)6-3)37-19-18-36(30(37)38)20-21-13-15-24(16-14-21)28-25(12-8-17-31-28)29-32-34-35-33-29/h7-8,10-19,26H,4-6,9,20H2,1-3H3,(H,32,33,34,35). The van der Waals surface area contributed by atoms with Gasteiger partial charge in [-0.2, -0.15) is 5.21 Å². The molecule has 1 atom stereocenters. The summed E-state index contributed by atoms with van der Waals surface area (Å²) in [5.74, 6) is 0.502. The average molecular weight is 508 g/mol. The van der Waals surface area contributed by atoms with Crippen LogP contribution in [-0.2, 0) is 19.4 Å². The maximum Gasteiger partial charge on any atom is 0.329 e. The van der Waals surface area contributed by atoms with Gasteiger partial charge in [0.05, 0.1) is 18.3 Å². The van der Waals surface area contributed by atoms with Gasteiger partial charge >= 0.3 is 5.69 Å². The van der Waals surface area contributed by atoms with Crippen LogP contribution in [0.15, 0.2) is 78.0 Å². The van der Waals surface area contributed by atoms with E-state index in [9.17, 15) is 4.79 Å². The number of tetrazole rings is 1. The Hall–Kier alpha value is -4.33. The van der Waals surface area contributed by atoms with Crippen LogP contribution in [0.25, 0.3) is 22.6 Å². The van der Waals surface area contributed by atoms with Gasteiger partial charge in [-0.3, -0.25) is 14.1 Å². The Labute approximate surface area is 222 Å². The lowest BCUT2D eigenvalue weighted by atomic mass is 9.89. The molecule has 5 rings (SSSR count). The predicted molar refractivity (Wildman–Crippen MR) is 149 cm³/mol. The molecule has 0 amide bonds. The monoisotopic (exact) mass is 507 g/mol. The highest BCUT2D eigenvalue weighted by Gasteiger charge is 2.21. The van der Waals surface area contributed by atoms with E-state index < -0.39 is 0 Å². The largest absolute Gasteiger partial charge is 0.329 e. The third kappa shape index (κ3) is 4.94. The minimum Gasteiger partial charge on any atom is -0.295 e. The number of rotatable bonds is 10. The first kappa shape index (κ1) is 25.3. The number of aromatic nitrogens is 7. The van der Waals surface area contributed by atoms with Crippen molar-refractivity contribution < 1.29 is 0 Å². The molecular weight excluding hydrogens is 474 g/mol. The van der Waals surface area contributed by atoms with E-state index in [1.165, 1.54) is 16.7 Å². The first-order chi connectivity index (χ1) is 18.6. The second-order valence-electron chi connectivity index (χ2n) is 9.45. The smallest absolute Gasteiger partial charge is 0.295 e. The van der Waals surface area contributed by atoms with Crippen molar-refractivity contribution in [3.05, 3.63) is 106 Å². The van der Waals surface area contributed by atoms with Crippen molar-refractivity contribution in [3.63, 3.8) is 0 Å². The van der Waals surface area contributed by atoms with Gasteiger partial charge in [0.25, 0.3) is 0 Å². The van der Waals surface area contributed by atoms with Crippen molar-refractivity contribution in [1.29, 1.82) is 0 Å². The molecule has 1 N–H and O–H groups in total. The lowest BCUT2D eigenvalue weighted by molar-refractivity contribution is 0.502. The van der Waals surface area contributed by atoms with Gasteiger partial charge in [-0.05, 0) is 58.9 Å². The highest BCUT2D eigenvalue weighted by Crippen LogP contribution is 2.30. The number of H-pyrrole nitrogens is 1. The maximum atomic E-state index is 13.6. The number of nitrogens with zero attached hydrogens (tertiary/aromatic N) is 6. The van der Waals surface area contributed by atoms with E-state index in [1.807, 2.05) is 53.4 Å². The zero-order valence-corrected chi connectivity index (χ0v) is 22.1. The molecule has 2 aromatic carbocycles. The van der Waals surface area contributed by atoms with Crippen LogP contribution in [0.3, 0.4) is 0 Å². The summed E-state index contributed by atoms with van der Waals surface area (Å²) in [6.45, 7) is 7.06. The van der Waals surface area contributed by atoms with Gasteiger partial charge < -0.3 is 0 Å². The number of nitrogens with one attached hydrogen (secondary N) is 1. The number of imidazole rings is 1. The lowest BCUT2D eigenvalue weighted by Crippen LogP contribution is -2.29. The van der Waals surface area contributed by atoms with Crippen molar-refractivity contribution in [3.8, 4) is 22.6 Å². The van der Waals surface area contributed by atoms with Crippen molar-refractivity contribution >= 4 is 0 Å². The molecule has 38 heavy (non-hydrogen) atoms. The Bertz CT molecular complexity index is 1530. The van der Waals surface area contributed by atoms with Gasteiger partial charge in [0.2, 0.25) is 5.82 Å². The summed E-state index contributed by atoms with van der Waals surface area (Å²) >= 11 is 0. The Morgan fingerprint density at radius 3 is 2.34 bits per heavy atom. The molecule has 0 radical (unpaired) electrons. The van der Waals surface area contributed by atoms with Crippen LogP contribution in [0, 0.1) is 0 Å². The van der Waals surface area contributed by atoms with Crippen LogP contribution in [0.1, 0.15) is 61.9 Å². The molecule has 0 aliphatic heterocycles. The molecule has 0 saturated carbocycles. The predicted octanol–water partition coefficient (Wildman–Crippen LogP) is 5.45. The summed E-state index contributed by atoms with van der Waals surface area (Å²) in [5.41, 5.74) is 7.57. The van der Waals surface area contributed by atoms with Crippen LogP contribution < -0.4 is 5.69 Å². The van der Waals surface area contributed by atoms with E-state index in [4.69, 9.17) is 0 Å². The molecule has 5 aromatic rings. The molecule has 194 valence electrons. The quantitative estimate of drug-likeness (QED) is 0.271. The first-order valence-corrected chi connectivity index (χ1v) is 13.3. The fraction of sp³-hybridized carbons (Fsp3) is 0.300. The van der Waals surface area contributed by atoms with Gasteiger partial charge in [0, 0.05) is 29.7 Å². The van der Waals surface area contributed by atoms with E-state index >= 15 is 0 Å². The van der Waals surface area contributed by atoms with Crippen LogP contribution in [0.4, 0.5) is 0 Å². The molecule has 0 aliphatic carbocycles. The fourth-order valence-corrected chi connectivity index (χ4v) is 5.25. The third-order valence-electron chi connectivity index (χ3n) is 7.13. The van der Waals surface area contributed by atoms with Crippen molar-refractivity contribution in [2.45, 2.75) is 59.0 Å². The van der Waals surface area contributed by atoms with E-state index in [1.54, 1.807) is 10.8 Å². The second kappa shape index (κ2) is 11.4. The number of hydrogen-bond acceptors (Lipinski definition) is 5. The van der Waals surface area contributed by atoms with Crippen molar-refractivity contribution in [2.24, 2.45) is 0 Å². The summed E-state index contributed by atoms with van der Waals surface area (Å²) in [4.78, 5) is 18.2. The van der Waals surface area contributed by atoms with Crippen LogP contribution in [-0.4, -0.2) is 34.7 Å². The summed E-state index contributed by atoms with van der Waals surface area (Å²) < 4.78 is 3.72. The maximum absolute atomic E-state index is 13.6. The van der Waals surface area contributed by atoms with Crippen LogP contribution in [0.2, 0.25) is 0 Å². The van der Waals surface area contributed by atoms with Gasteiger partial charge in [-0.15, -0.1) is 10.2 Å². The van der Waals surface area contributed by atoms with Crippen LogP contribution in [0.5, 0.6) is 0 Å². The van der Waals surface area contributed by atoms with E-state index in [2.05, 4.69) is 64.6 Å². The normalized spacial score (nSPS) is 12.1. The Morgan fingerprint density at radius 2 is 1.68 bits per heavy atom. The summed E-state index contributed by atoms with van der Waals surface area (Å²) in [6.07, 6.45) is 9.45. The topological polar surface area (TPSA) is 94.3 Å². The highest BCUT2D eigenvalue weighted by atomic mass is 16.1. The molecule has 0 bridgehead atoms. The van der Waals surface area contributed by atoms with Crippen molar-refractivity contribution in [2.75, 3.05) is 0 Å². The lowest BCUT2D eigenvalue weighted by Gasteiger charge is -2.24.